The molecule has 2 N–H and O–H groups in total. The summed E-state index contributed by atoms with van der Waals surface area (Å²) in [7, 11) is -1.68. The van der Waals surface area contributed by atoms with Crippen LogP contribution in [0, 0.1) is 0 Å². The van der Waals surface area contributed by atoms with E-state index in [0.717, 1.165) is 24.3 Å². The number of thiophene rings is 1. The Morgan fingerprint density at radius 3 is 2.83 bits per heavy atom. The number of aromatic carboxylic acids is 1. The Kier molecular flexibility index (Phi) is 3.71. The summed E-state index contributed by atoms with van der Waals surface area (Å²) in [5.41, 5.74) is 0. The Labute approximate surface area is 109 Å². The van der Waals surface area contributed by atoms with Gasteiger partial charge in [-0.05, 0) is 26.1 Å². The number of carbonyl (C=O) groups is 1. The van der Waals surface area contributed by atoms with E-state index in [4.69, 9.17) is 5.11 Å². The largest absolute Gasteiger partial charge is 0.477 e. The number of likely N-dealkylation sites (tertiary alicyclic amines) is 1. The summed E-state index contributed by atoms with van der Waals surface area (Å²) in [5.74, 6) is -1.11. The summed E-state index contributed by atoms with van der Waals surface area (Å²) < 4.78 is 26.6. The molecule has 1 aliphatic heterocycles. The molecule has 0 aliphatic carbocycles. The highest BCUT2D eigenvalue weighted by Gasteiger charge is 2.26. The number of likely N-dealkylation sites (N-methyl/N-ethyl adjacent to an activating group) is 1. The van der Waals surface area contributed by atoms with Gasteiger partial charge in [0.1, 0.15) is 4.88 Å². The molecule has 100 valence electrons. The third-order valence-electron chi connectivity index (χ3n) is 2.81. The van der Waals surface area contributed by atoms with Crippen molar-refractivity contribution in [3.8, 4) is 0 Å². The smallest absolute Gasteiger partial charge is 0.345 e. The van der Waals surface area contributed by atoms with Crippen LogP contribution in [0.25, 0.3) is 0 Å². The first-order valence-corrected chi connectivity index (χ1v) is 7.77. The lowest BCUT2D eigenvalue weighted by molar-refractivity contribution is 0.0702. The number of carboxylic acids is 1. The predicted octanol–water partition coefficient (Wildman–Crippen LogP) is 0.429. The predicted molar refractivity (Wildman–Crippen MR) is 67.5 cm³/mol. The highest BCUT2D eigenvalue weighted by molar-refractivity contribution is 7.89. The highest BCUT2D eigenvalue weighted by atomic mass is 32.2. The van der Waals surface area contributed by atoms with E-state index >= 15 is 0 Å². The number of sulfonamides is 1. The average Bonchev–Trinajstić information content (AvgIpc) is 2.86. The van der Waals surface area contributed by atoms with Crippen molar-refractivity contribution in [1.29, 1.82) is 0 Å². The minimum Gasteiger partial charge on any atom is -0.477 e. The molecular weight excluding hydrogens is 276 g/mol. The summed E-state index contributed by atoms with van der Waals surface area (Å²) >= 11 is 0.914. The summed E-state index contributed by atoms with van der Waals surface area (Å²) in [4.78, 5) is 12.8. The summed E-state index contributed by atoms with van der Waals surface area (Å²) in [6, 6.07) is 1.08. The summed E-state index contributed by atoms with van der Waals surface area (Å²) in [6.45, 7) is 1.53. The third kappa shape index (κ3) is 2.89. The molecule has 0 saturated carbocycles. The van der Waals surface area contributed by atoms with Gasteiger partial charge in [0.15, 0.2) is 0 Å². The number of rotatable bonds is 4. The van der Waals surface area contributed by atoms with E-state index in [1.807, 2.05) is 11.9 Å². The third-order valence-corrected chi connectivity index (χ3v) is 5.38. The van der Waals surface area contributed by atoms with Gasteiger partial charge in [-0.2, -0.15) is 0 Å². The Morgan fingerprint density at radius 1 is 1.61 bits per heavy atom. The molecule has 6 nitrogen and oxygen atoms in total. The van der Waals surface area contributed by atoms with Crippen LogP contribution in [0.3, 0.4) is 0 Å². The van der Waals surface area contributed by atoms with Gasteiger partial charge >= 0.3 is 5.97 Å². The molecule has 2 heterocycles. The highest BCUT2D eigenvalue weighted by Crippen LogP contribution is 2.20. The van der Waals surface area contributed by atoms with Crippen molar-refractivity contribution in [2.24, 2.45) is 0 Å². The fraction of sp³-hybridized carbons (Fsp3) is 0.500. The van der Waals surface area contributed by atoms with Crippen LogP contribution >= 0.6 is 11.3 Å². The van der Waals surface area contributed by atoms with Gasteiger partial charge in [-0.3, -0.25) is 0 Å². The lowest BCUT2D eigenvalue weighted by Crippen LogP contribution is -2.36. The molecule has 18 heavy (non-hydrogen) atoms. The summed E-state index contributed by atoms with van der Waals surface area (Å²) in [6.07, 6.45) is 0.769. The van der Waals surface area contributed by atoms with Crippen molar-refractivity contribution >= 4 is 27.3 Å². The molecule has 0 spiro atoms. The first-order valence-electron chi connectivity index (χ1n) is 5.41. The number of nitrogens with one attached hydrogen (secondary N) is 1. The molecule has 1 aliphatic rings. The van der Waals surface area contributed by atoms with Crippen molar-refractivity contribution in [3.05, 3.63) is 16.3 Å². The SMILES string of the molecule is CN1CCC(NS(=O)(=O)c2csc(C(=O)O)c2)C1. The molecule has 1 aromatic rings. The molecule has 1 atom stereocenters. The second-order valence-electron chi connectivity index (χ2n) is 4.32. The maximum atomic E-state index is 12.0. The van der Waals surface area contributed by atoms with Gasteiger partial charge in [-0.15, -0.1) is 11.3 Å². The van der Waals surface area contributed by atoms with E-state index in [0.29, 0.717) is 6.54 Å². The van der Waals surface area contributed by atoms with Crippen LogP contribution in [-0.4, -0.2) is 50.6 Å². The zero-order valence-electron chi connectivity index (χ0n) is 9.79. The van der Waals surface area contributed by atoms with E-state index in [2.05, 4.69) is 4.72 Å². The van der Waals surface area contributed by atoms with Crippen LogP contribution in [-0.2, 0) is 10.0 Å². The molecular formula is C10H14N2O4S2. The molecule has 1 saturated heterocycles. The fourth-order valence-corrected chi connectivity index (χ4v) is 4.26. The Morgan fingerprint density at radius 2 is 2.33 bits per heavy atom. The minimum absolute atomic E-state index is 0.0268. The second kappa shape index (κ2) is 4.96. The van der Waals surface area contributed by atoms with E-state index in [1.165, 1.54) is 11.4 Å². The molecule has 0 amide bonds. The topological polar surface area (TPSA) is 86.7 Å². The Hall–Kier alpha value is -0.960. The maximum absolute atomic E-state index is 12.0. The standard InChI is InChI=1S/C10H14N2O4S2/c1-12-3-2-7(5-12)11-18(15,16)8-4-9(10(13)14)17-6-8/h4,6-7,11H,2-3,5H2,1H3,(H,13,14). The van der Waals surface area contributed by atoms with Gasteiger partial charge < -0.3 is 10.0 Å². The second-order valence-corrected chi connectivity index (χ2v) is 6.95. The van der Waals surface area contributed by atoms with E-state index in [9.17, 15) is 13.2 Å². The van der Waals surface area contributed by atoms with Crippen LogP contribution in [0.2, 0.25) is 0 Å². The van der Waals surface area contributed by atoms with Gasteiger partial charge in [0.05, 0.1) is 4.90 Å². The first-order chi connectivity index (χ1) is 8.38. The maximum Gasteiger partial charge on any atom is 0.345 e. The van der Waals surface area contributed by atoms with Gasteiger partial charge in [-0.25, -0.2) is 17.9 Å². The molecule has 1 unspecified atom stereocenters. The van der Waals surface area contributed by atoms with Crippen LogP contribution in [0.15, 0.2) is 16.3 Å². The first kappa shape index (κ1) is 13.5. The quantitative estimate of drug-likeness (QED) is 0.839. The molecule has 2 rings (SSSR count). The Bertz CT molecular complexity index is 552. The molecule has 0 radical (unpaired) electrons. The zero-order chi connectivity index (χ0) is 13.3. The monoisotopic (exact) mass is 290 g/mol. The lowest BCUT2D eigenvalue weighted by Gasteiger charge is -2.12. The van der Waals surface area contributed by atoms with Crippen molar-refractivity contribution in [3.63, 3.8) is 0 Å². The number of carboxylic acid groups (broad SMARTS) is 1. The molecule has 1 fully saturated rings. The van der Waals surface area contributed by atoms with Crippen LogP contribution < -0.4 is 4.72 Å². The molecule has 8 heteroatoms. The van der Waals surface area contributed by atoms with Crippen LogP contribution in [0.5, 0.6) is 0 Å². The minimum atomic E-state index is -3.61. The number of hydrogen-bond acceptors (Lipinski definition) is 5. The van der Waals surface area contributed by atoms with Gasteiger partial charge in [0.25, 0.3) is 0 Å². The Balaban J connectivity index is 2.12. The summed E-state index contributed by atoms with van der Waals surface area (Å²) in [5, 5.41) is 10.1. The number of hydrogen-bond donors (Lipinski definition) is 2. The average molecular weight is 290 g/mol. The molecule has 0 aromatic carbocycles. The van der Waals surface area contributed by atoms with Gasteiger partial charge in [-0.1, -0.05) is 0 Å². The molecule has 1 aromatic heterocycles. The van der Waals surface area contributed by atoms with Gasteiger partial charge in [0, 0.05) is 18.0 Å². The van der Waals surface area contributed by atoms with Crippen molar-refractivity contribution in [1.82, 2.24) is 9.62 Å². The van der Waals surface area contributed by atoms with E-state index < -0.39 is 16.0 Å². The number of nitrogens with zero attached hydrogens (tertiary/aromatic N) is 1. The van der Waals surface area contributed by atoms with Crippen molar-refractivity contribution in [2.75, 3.05) is 20.1 Å². The van der Waals surface area contributed by atoms with E-state index in [-0.39, 0.29) is 15.8 Å². The lowest BCUT2D eigenvalue weighted by atomic mass is 10.3. The van der Waals surface area contributed by atoms with Crippen molar-refractivity contribution < 1.29 is 18.3 Å². The fourth-order valence-electron chi connectivity index (χ4n) is 1.89. The van der Waals surface area contributed by atoms with Crippen LogP contribution in [0.4, 0.5) is 0 Å². The molecule has 0 bridgehead atoms. The van der Waals surface area contributed by atoms with Crippen LogP contribution in [0.1, 0.15) is 16.1 Å². The van der Waals surface area contributed by atoms with Crippen molar-refractivity contribution in [2.45, 2.75) is 17.4 Å². The van der Waals surface area contributed by atoms with Gasteiger partial charge in [0.2, 0.25) is 10.0 Å². The zero-order valence-corrected chi connectivity index (χ0v) is 11.4. The normalized spacial score (nSPS) is 21.3. The van der Waals surface area contributed by atoms with E-state index in [1.54, 1.807) is 0 Å².